The van der Waals surface area contributed by atoms with E-state index in [4.69, 9.17) is 0 Å². The van der Waals surface area contributed by atoms with E-state index in [-0.39, 0.29) is 22.3 Å². The molecule has 0 unspecified atom stereocenters. The second kappa shape index (κ2) is 9.51. The Morgan fingerprint density at radius 1 is 1.14 bits per heavy atom. The van der Waals surface area contributed by atoms with E-state index >= 15 is 0 Å². The van der Waals surface area contributed by atoms with Gasteiger partial charge in [-0.2, -0.15) is 4.31 Å². The number of hydrogen-bond donors (Lipinski definition) is 1. The molecule has 0 spiro atoms. The number of carbonyl (C=O) groups is 2. The van der Waals surface area contributed by atoms with Gasteiger partial charge in [-0.05, 0) is 44.0 Å². The van der Waals surface area contributed by atoms with Crippen molar-refractivity contribution in [2.24, 2.45) is 0 Å². The number of rotatable bonds is 7. The molecule has 0 radical (unpaired) electrons. The Bertz CT molecular complexity index is 985. The molecule has 1 fully saturated rings. The lowest BCUT2D eigenvalue weighted by Gasteiger charge is -2.25. The van der Waals surface area contributed by atoms with Gasteiger partial charge in [-0.25, -0.2) is 13.4 Å². The molecule has 1 aromatic carbocycles. The lowest BCUT2D eigenvalue weighted by Crippen LogP contribution is -2.35. The van der Waals surface area contributed by atoms with Gasteiger partial charge in [0.15, 0.2) is 5.78 Å². The lowest BCUT2D eigenvalue weighted by molar-refractivity contribution is -0.113. The van der Waals surface area contributed by atoms with Crippen molar-refractivity contribution in [2.45, 2.75) is 36.1 Å². The normalized spacial score (nSPS) is 15.1. The largest absolute Gasteiger partial charge is 0.325 e. The first-order valence-electron chi connectivity index (χ1n) is 9.36. The van der Waals surface area contributed by atoms with E-state index in [0.29, 0.717) is 29.4 Å². The minimum atomic E-state index is -3.51. The Kier molecular flexibility index (Phi) is 7.05. The molecule has 1 aliphatic heterocycles. The van der Waals surface area contributed by atoms with E-state index in [9.17, 15) is 18.0 Å². The number of benzene rings is 1. The number of piperidine rings is 1. The monoisotopic (exact) mass is 433 g/mol. The fourth-order valence-electron chi connectivity index (χ4n) is 3.01. The predicted octanol–water partition coefficient (Wildman–Crippen LogP) is 3.19. The van der Waals surface area contributed by atoms with Gasteiger partial charge in [0, 0.05) is 30.5 Å². The van der Waals surface area contributed by atoms with E-state index in [1.165, 1.54) is 35.3 Å². The van der Waals surface area contributed by atoms with Crippen LogP contribution >= 0.6 is 11.8 Å². The summed E-state index contributed by atoms with van der Waals surface area (Å²) in [5.74, 6) is -0.183. The zero-order valence-corrected chi connectivity index (χ0v) is 17.8. The van der Waals surface area contributed by atoms with Crippen molar-refractivity contribution in [3.63, 3.8) is 0 Å². The van der Waals surface area contributed by atoms with Crippen LogP contribution in [0.1, 0.15) is 36.5 Å². The summed E-state index contributed by atoms with van der Waals surface area (Å²) in [7, 11) is -3.51. The molecule has 0 saturated carbocycles. The van der Waals surface area contributed by atoms with Crippen LogP contribution in [0.5, 0.6) is 0 Å². The zero-order valence-electron chi connectivity index (χ0n) is 16.1. The topological polar surface area (TPSA) is 96.4 Å². The van der Waals surface area contributed by atoms with Crippen LogP contribution in [-0.4, -0.2) is 48.2 Å². The van der Waals surface area contributed by atoms with E-state index in [2.05, 4.69) is 10.3 Å². The molecule has 9 heteroatoms. The molecule has 7 nitrogen and oxygen atoms in total. The fraction of sp³-hybridized carbons (Fsp3) is 0.350. The molecule has 3 rings (SSSR count). The van der Waals surface area contributed by atoms with Crippen LogP contribution in [0.4, 0.5) is 5.69 Å². The third kappa shape index (κ3) is 5.65. The number of pyridine rings is 1. The van der Waals surface area contributed by atoms with Crippen molar-refractivity contribution in [2.75, 3.05) is 24.2 Å². The first kappa shape index (κ1) is 21.5. The molecule has 2 aromatic rings. The molecule has 1 amide bonds. The van der Waals surface area contributed by atoms with Gasteiger partial charge >= 0.3 is 0 Å². The summed E-state index contributed by atoms with van der Waals surface area (Å²) in [6, 6.07) is 9.90. The quantitative estimate of drug-likeness (QED) is 0.532. The van der Waals surface area contributed by atoms with Crippen LogP contribution < -0.4 is 5.32 Å². The highest BCUT2D eigenvalue weighted by Crippen LogP contribution is 2.22. The summed E-state index contributed by atoms with van der Waals surface area (Å²) < 4.78 is 26.8. The maximum atomic E-state index is 12.6. The Morgan fingerprint density at radius 2 is 1.90 bits per heavy atom. The van der Waals surface area contributed by atoms with Crippen molar-refractivity contribution >= 4 is 39.2 Å². The molecule has 1 N–H and O–H groups in total. The number of nitrogens with zero attached hydrogens (tertiary/aromatic N) is 2. The molecule has 0 bridgehead atoms. The van der Waals surface area contributed by atoms with E-state index < -0.39 is 10.0 Å². The lowest BCUT2D eigenvalue weighted by atomic mass is 10.1. The summed E-state index contributed by atoms with van der Waals surface area (Å²) >= 11 is 1.21. The van der Waals surface area contributed by atoms with E-state index in [0.717, 1.165) is 19.3 Å². The highest BCUT2D eigenvalue weighted by Gasteiger charge is 2.26. The van der Waals surface area contributed by atoms with Crippen LogP contribution in [0.3, 0.4) is 0 Å². The van der Waals surface area contributed by atoms with Crippen LogP contribution in [0.25, 0.3) is 0 Å². The predicted molar refractivity (Wildman–Crippen MR) is 113 cm³/mol. The van der Waals surface area contributed by atoms with Crippen molar-refractivity contribution in [3.8, 4) is 0 Å². The van der Waals surface area contributed by atoms with Crippen molar-refractivity contribution in [3.05, 3.63) is 48.2 Å². The van der Waals surface area contributed by atoms with Crippen molar-refractivity contribution in [1.29, 1.82) is 0 Å². The Labute approximate surface area is 175 Å². The minimum absolute atomic E-state index is 0.0701. The average Bonchev–Trinajstić information content (AvgIpc) is 2.73. The number of ketones is 1. The van der Waals surface area contributed by atoms with Gasteiger partial charge in [0.05, 0.1) is 10.8 Å². The van der Waals surface area contributed by atoms with Gasteiger partial charge < -0.3 is 5.32 Å². The van der Waals surface area contributed by atoms with Gasteiger partial charge in [0.2, 0.25) is 15.9 Å². The van der Waals surface area contributed by atoms with Crippen LogP contribution in [0.15, 0.2) is 52.5 Å². The summed E-state index contributed by atoms with van der Waals surface area (Å²) in [5, 5.41) is 3.31. The van der Waals surface area contributed by atoms with Gasteiger partial charge in [0.1, 0.15) is 4.90 Å². The number of aromatic nitrogens is 1. The number of anilines is 1. The van der Waals surface area contributed by atoms with Crippen LogP contribution in [-0.2, 0) is 14.8 Å². The maximum Gasteiger partial charge on any atom is 0.244 e. The number of Topliss-reactive ketones (excluding diaryl/α,β-unsaturated/α-hetero) is 1. The first-order valence-corrected chi connectivity index (χ1v) is 11.8. The third-order valence-electron chi connectivity index (χ3n) is 4.57. The number of thioether (sulfide) groups is 1. The number of sulfonamides is 1. The molecule has 0 atom stereocenters. The molecule has 1 saturated heterocycles. The average molecular weight is 434 g/mol. The molecule has 154 valence electrons. The van der Waals surface area contributed by atoms with Crippen LogP contribution in [0.2, 0.25) is 0 Å². The van der Waals surface area contributed by atoms with E-state index in [1.807, 2.05) is 0 Å². The molecule has 29 heavy (non-hydrogen) atoms. The Morgan fingerprint density at radius 3 is 2.55 bits per heavy atom. The minimum Gasteiger partial charge on any atom is -0.325 e. The van der Waals surface area contributed by atoms with Gasteiger partial charge in [-0.3, -0.25) is 9.59 Å². The first-order chi connectivity index (χ1) is 13.9. The number of carbonyl (C=O) groups excluding carboxylic acids is 2. The molecule has 2 heterocycles. The Hall–Kier alpha value is -2.23. The SMILES string of the molecule is CC(=O)c1cccc(NC(=O)CSc2ccc(S(=O)(=O)N3CCCCC3)cn2)c1. The second-order valence-corrected chi connectivity index (χ2v) is 9.70. The standard InChI is InChI=1S/C20H23N3O4S2/c1-15(24)16-6-5-7-17(12-16)22-19(25)14-28-20-9-8-18(13-21-20)29(26,27)23-10-3-2-4-11-23/h5-9,12-13H,2-4,10-11,14H2,1H3,(H,22,25). The highest BCUT2D eigenvalue weighted by molar-refractivity contribution is 7.99. The summed E-state index contributed by atoms with van der Waals surface area (Å²) in [4.78, 5) is 27.9. The van der Waals surface area contributed by atoms with Gasteiger partial charge in [-0.15, -0.1) is 0 Å². The van der Waals surface area contributed by atoms with Crippen LogP contribution in [0, 0.1) is 0 Å². The summed E-state index contributed by atoms with van der Waals surface area (Å²) in [6.45, 7) is 2.56. The second-order valence-electron chi connectivity index (χ2n) is 6.77. The third-order valence-corrected chi connectivity index (χ3v) is 7.39. The highest BCUT2D eigenvalue weighted by atomic mass is 32.2. The zero-order chi connectivity index (χ0) is 20.9. The van der Waals surface area contributed by atoms with Crippen molar-refractivity contribution < 1.29 is 18.0 Å². The number of hydrogen-bond acceptors (Lipinski definition) is 6. The summed E-state index contributed by atoms with van der Waals surface area (Å²) in [5.41, 5.74) is 1.09. The van der Waals surface area contributed by atoms with Gasteiger partial charge in [-0.1, -0.05) is 30.3 Å². The van der Waals surface area contributed by atoms with E-state index in [1.54, 1.807) is 30.3 Å². The molecule has 1 aromatic heterocycles. The smallest absolute Gasteiger partial charge is 0.244 e. The molecule has 0 aliphatic carbocycles. The fourth-order valence-corrected chi connectivity index (χ4v) is 5.12. The molecular weight excluding hydrogens is 410 g/mol. The number of amides is 1. The molecule has 1 aliphatic rings. The van der Waals surface area contributed by atoms with Crippen molar-refractivity contribution in [1.82, 2.24) is 9.29 Å². The van der Waals surface area contributed by atoms with Gasteiger partial charge in [0.25, 0.3) is 0 Å². The summed E-state index contributed by atoms with van der Waals surface area (Å²) in [6.07, 6.45) is 4.16. The Balaban J connectivity index is 1.56. The molecular formula is C20H23N3O4S2. The number of nitrogens with one attached hydrogen (secondary N) is 1. The maximum absolute atomic E-state index is 12.6.